The van der Waals surface area contributed by atoms with Gasteiger partial charge in [-0.05, 0) is 89.6 Å². The summed E-state index contributed by atoms with van der Waals surface area (Å²) in [5.41, 5.74) is 0.502. The maximum Gasteiger partial charge on any atom is 0.339 e. The van der Waals surface area contributed by atoms with Crippen LogP contribution < -0.4 is 38.0 Å². The fraction of sp³-hybridized carbons (Fsp3) is 0. The van der Waals surface area contributed by atoms with E-state index in [-0.39, 0.29) is 55.5 Å². The number of benzene rings is 9. The molecule has 22 heteroatoms. The van der Waals surface area contributed by atoms with Crippen molar-refractivity contribution in [2.24, 2.45) is 0 Å². The Kier molecular flexibility index (Phi) is 13.9. The van der Waals surface area contributed by atoms with Crippen LogP contribution in [0.3, 0.4) is 0 Å². The van der Waals surface area contributed by atoms with Crippen molar-refractivity contribution in [3.05, 3.63) is 206 Å². The largest absolute Gasteiger partial charge is 0.379 e. The third-order valence-corrected chi connectivity index (χ3v) is 15.7. The van der Waals surface area contributed by atoms with E-state index in [0.29, 0.717) is 21.5 Å². The number of anilines is 4. The van der Waals surface area contributed by atoms with Crippen LogP contribution in [0.15, 0.2) is 226 Å². The highest BCUT2D eigenvalue weighted by atomic mass is 32.2. The van der Waals surface area contributed by atoms with Gasteiger partial charge in [0.25, 0.3) is 0 Å². The Labute approximate surface area is 424 Å². The number of nitrogens with one attached hydrogen (secondary N) is 4. The molecule has 374 valence electrons. The van der Waals surface area contributed by atoms with Crippen LogP contribution in [0.4, 0.5) is 32.3 Å². The lowest BCUT2D eigenvalue weighted by atomic mass is 10.1. The number of urea groups is 2. The summed E-state index contributed by atoms with van der Waals surface area (Å²) in [7, 11) is -17.9. The fourth-order valence-electron chi connectivity index (χ4n) is 7.39. The average molecular weight is 1070 g/mol. The first-order chi connectivity index (χ1) is 35.4. The summed E-state index contributed by atoms with van der Waals surface area (Å²) in [5, 5.41) is 12.5. The Morgan fingerprint density at radius 3 is 0.932 bits per heavy atom. The Bertz CT molecular complexity index is 3850. The molecule has 0 aliphatic carbocycles. The molecule has 0 aliphatic rings. The molecule has 0 aliphatic heterocycles. The van der Waals surface area contributed by atoms with Crippen LogP contribution in [-0.2, 0) is 40.5 Å². The van der Waals surface area contributed by atoms with Gasteiger partial charge < -0.3 is 38.0 Å². The lowest BCUT2D eigenvalue weighted by Gasteiger charge is -2.13. The molecule has 4 amide bonds. The molecule has 0 bridgehead atoms. The molecule has 0 fully saturated rings. The normalized spacial score (nSPS) is 11.8. The minimum Gasteiger partial charge on any atom is -0.379 e. The number of hydrogen-bond acceptors (Lipinski definition) is 14. The summed E-state index contributed by atoms with van der Waals surface area (Å²) >= 11 is 0. The van der Waals surface area contributed by atoms with Gasteiger partial charge in [-0.2, -0.15) is 33.7 Å². The Morgan fingerprint density at radius 2 is 0.581 bits per heavy atom. The first-order valence-corrected chi connectivity index (χ1v) is 27.4. The van der Waals surface area contributed by atoms with E-state index in [1.54, 1.807) is 72.8 Å². The van der Waals surface area contributed by atoms with Crippen molar-refractivity contribution in [3.63, 3.8) is 0 Å². The second kappa shape index (κ2) is 20.6. The van der Waals surface area contributed by atoms with Gasteiger partial charge >= 0.3 is 52.5 Å². The summed E-state index contributed by atoms with van der Waals surface area (Å²) in [6.45, 7) is 0. The number of carbonyl (C=O) groups excluding carboxylic acids is 2. The topological polar surface area (TPSA) is 256 Å². The van der Waals surface area contributed by atoms with E-state index >= 15 is 0 Å². The second-order valence-electron chi connectivity index (χ2n) is 15.8. The highest BCUT2D eigenvalue weighted by molar-refractivity contribution is 7.88. The lowest BCUT2D eigenvalue weighted by Crippen LogP contribution is -2.19. The summed E-state index contributed by atoms with van der Waals surface area (Å²) < 4.78 is 128. The molecular weight excluding hydrogens is 1030 g/mol. The average Bonchev–Trinajstić information content (AvgIpc) is 3.36. The molecule has 74 heavy (non-hydrogen) atoms. The van der Waals surface area contributed by atoms with E-state index in [9.17, 15) is 43.3 Å². The fourth-order valence-corrected chi connectivity index (χ4v) is 11.7. The zero-order valence-corrected chi connectivity index (χ0v) is 41.2. The Balaban J connectivity index is 0.799. The van der Waals surface area contributed by atoms with Gasteiger partial charge in [-0.25, -0.2) is 9.59 Å². The zero-order chi connectivity index (χ0) is 52.1. The molecule has 0 saturated carbocycles. The van der Waals surface area contributed by atoms with Gasteiger partial charge in [0.2, 0.25) is 0 Å². The molecule has 4 N–H and O–H groups in total. The maximum absolute atomic E-state index is 13.5. The quantitative estimate of drug-likeness (QED) is 0.0657. The molecule has 9 rings (SSSR count). The van der Waals surface area contributed by atoms with E-state index in [2.05, 4.69) is 21.3 Å². The maximum atomic E-state index is 13.5. The van der Waals surface area contributed by atoms with E-state index in [1.807, 2.05) is 0 Å². The molecule has 0 saturated heterocycles. The highest BCUT2D eigenvalue weighted by Crippen LogP contribution is 2.31. The first-order valence-electron chi connectivity index (χ1n) is 21.8. The van der Waals surface area contributed by atoms with Crippen LogP contribution in [0.2, 0.25) is 0 Å². The van der Waals surface area contributed by atoms with E-state index in [1.165, 1.54) is 109 Å². The van der Waals surface area contributed by atoms with Crippen LogP contribution >= 0.6 is 0 Å². The van der Waals surface area contributed by atoms with Gasteiger partial charge in [-0.15, -0.1) is 0 Å². The Morgan fingerprint density at radius 1 is 0.297 bits per heavy atom. The van der Waals surface area contributed by atoms with Gasteiger partial charge in [0.15, 0.2) is 0 Å². The van der Waals surface area contributed by atoms with Crippen molar-refractivity contribution in [2.45, 2.75) is 19.6 Å². The van der Waals surface area contributed by atoms with Crippen molar-refractivity contribution in [2.75, 3.05) is 21.3 Å². The minimum absolute atomic E-state index is 0.0357. The van der Waals surface area contributed by atoms with Crippen molar-refractivity contribution < 1.29 is 60.0 Å². The van der Waals surface area contributed by atoms with Crippen LogP contribution in [0.25, 0.3) is 21.5 Å². The molecule has 9 aromatic carbocycles. The molecule has 0 heterocycles. The van der Waals surface area contributed by atoms with Crippen LogP contribution in [0, 0.1) is 0 Å². The van der Waals surface area contributed by atoms with Crippen LogP contribution in [0.5, 0.6) is 23.0 Å². The van der Waals surface area contributed by atoms with Crippen molar-refractivity contribution >= 4 is 96.8 Å². The SMILES string of the molecule is O=C(Nc1cccc(OS(=O)(=O)c2cccc(S(=O)(=O)Oc3cccc(NC(=O)Nc4cccc(OS(=O)(=O)c5cccc6ccccc56)c4)c3)c2)c1)Nc1cccc(OS(=O)(=O)c2cccc3ccccc23)c1. The third-order valence-electron chi connectivity index (χ3n) is 10.6. The van der Waals surface area contributed by atoms with Crippen LogP contribution in [0.1, 0.15) is 0 Å². The van der Waals surface area contributed by atoms with Gasteiger partial charge in [-0.3, -0.25) is 0 Å². The Hall–Kier alpha value is -8.96. The molecule has 0 atom stereocenters. The van der Waals surface area contributed by atoms with Crippen molar-refractivity contribution in [3.8, 4) is 23.0 Å². The predicted molar refractivity (Wildman–Crippen MR) is 277 cm³/mol. The summed E-state index contributed by atoms with van der Waals surface area (Å²) in [5.74, 6) is -0.650. The number of fused-ring (bicyclic) bond motifs is 2. The summed E-state index contributed by atoms with van der Waals surface area (Å²) in [6, 6.07) is 48.1. The standard InChI is InChI=1S/C52H38N4O14S4/c57-51(55-39-18-9-22-43(32-39)69-73(63,64)49-28-5-14-35-12-1-3-26-47(35)49)53-37-16-7-20-41(30-37)67-71(59,60)45-24-11-25-46(34-45)72(61,62)68-42-21-8-17-38(31-42)54-52(58)56-40-19-10-23-44(33-40)70-74(65,66)50-29-6-15-36-13-2-4-27-48(36)50/h1-34H,(H2,53,55,57)(H2,54,56,58). The molecule has 0 unspecified atom stereocenters. The van der Waals surface area contributed by atoms with Crippen LogP contribution in [-0.4, -0.2) is 45.7 Å². The van der Waals surface area contributed by atoms with E-state index in [0.717, 1.165) is 24.3 Å². The van der Waals surface area contributed by atoms with Crippen molar-refractivity contribution in [1.82, 2.24) is 0 Å². The molecule has 18 nitrogen and oxygen atoms in total. The van der Waals surface area contributed by atoms with E-state index in [4.69, 9.17) is 16.7 Å². The molecule has 0 radical (unpaired) electrons. The van der Waals surface area contributed by atoms with E-state index < -0.39 is 62.3 Å². The molecule has 0 spiro atoms. The summed E-state index contributed by atoms with van der Waals surface area (Å²) in [6.07, 6.45) is 0. The third kappa shape index (κ3) is 11.9. The van der Waals surface area contributed by atoms with Gasteiger partial charge in [-0.1, -0.05) is 103 Å². The monoisotopic (exact) mass is 1070 g/mol. The second-order valence-corrected chi connectivity index (χ2v) is 22.0. The van der Waals surface area contributed by atoms with Gasteiger partial charge in [0.1, 0.15) is 42.6 Å². The van der Waals surface area contributed by atoms with Gasteiger partial charge in [0, 0.05) is 57.8 Å². The zero-order valence-electron chi connectivity index (χ0n) is 38.0. The smallest absolute Gasteiger partial charge is 0.339 e. The molecule has 0 aromatic heterocycles. The van der Waals surface area contributed by atoms with Gasteiger partial charge in [0.05, 0.1) is 0 Å². The summed E-state index contributed by atoms with van der Waals surface area (Å²) in [4.78, 5) is 24.8. The van der Waals surface area contributed by atoms with Crippen molar-refractivity contribution in [1.29, 1.82) is 0 Å². The first kappa shape index (κ1) is 50.0. The minimum atomic E-state index is -4.70. The number of rotatable bonds is 16. The lowest BCUT2D eigenvalue weighted by molar-refractivity contribution is 0.261. The number of amides is 4. The molecular formula is C52H38N4O14S4. The number of hydrogen-bond donors (Lipinski definition) is 4. The predicted octanol–water partition coefficient (Wildman–Crippen LogP) is 10.4. The molecule has 9 aromatic rings. The highest BCUT2D eigenvalue weighted by Gasteiger charge is 2.25. The number of carbonyl (C=O) groups is 2.